The van der Waals surface area contributed by atoms with Crippen LogP contribution in [0.5, 0.6) is 0 Å². The second kappa shape index (κ2) is 4.73. The molecule has 1 aliphatic rings. The number of rotatable bonds is 3. The number of hydrogen-bond donors (Lipinski definition) is 0. The van der Waals surface area contributed by atoms with Crippen molar-refractivity contribution in [3.63, 3.8) is 0 Å². The second-order valence-corrected chi connectivity index (χ2v) is 4.80. The molecule has 0 unspecified atom stereocenters. The van der Waals surface area contributed by atoms with Crippen LogP contribution in [0.15, 0.2) is 42.7 Å². The van der Waals surface area contributed by atoms with Crippen LogP contribution >= 0.6 is 0 Å². The van der Waals surface area contributed by atoms with Crippen molar-refractivity contribution in [2.24, 2.45) is 0 Å². The van der Waals surface area contributed by atoms with Crippen LogP contribution in [-0.4, -0.2) is 10.8 Å². The number of hydrogen-bond acceptors (Lipinski definition) is 2. The Morgan fingerprint density at radius 1 is 1.17 bits per heavy atom. The first-order valence-electron chi connectivity index (χ1n) is 6.37. The fraction of sp³-hybridized carbons (Fsp3) is 0.250. The molecule has 3 rings (SSSR count). The van der Waals surface area contributed by atoms with Crippen LogP contribution in [0.2, 0.25) is 0 Å². The Labute approximate surface area is 107 Å². The van der Waals surface area contributed by atoms with Crippen molar-refractivity contribution in [1.82, 2.24) is 4.98 Å². The molecule has 0 saturated heterocycles. The van der Waals surface area contributed by atoms with Gasteiger partial charge in [0.15, 0.2) is 5.78 Å². The normalized spacial score (nSPS) is 13.3. The second-order valence-electron chi connectivity index (χ2n) is 4.80. The van der Waals surface area contributed by atoms with Crippen LogP contribution in [0, 0.1) is 0 Å². The van der Waals surface area contributed by atoms with Crippen molar-refractivity contribution < 1.29 is 4.79 Å². The molecule has 18 heavy (non-hydrogen) atoms. The van der Waals surface area contributed by atoms with Gasteiger partial charge in [0.2, 0.25) is 0 Å². The third-order valence-corrected chi connectivity index (χ3v) is 3.51. The van der Waals surface area contributed by atoms with E-state index in [9.17, 15) is 4.79 Å². The summed E-state index contributed by atoms with van der Waals surface area (Å²) in [6.45, 7) is 0. The Bertz CT molecular complexity index is 575. The molecular weight excluding hydrogens is 222 g/mol. The van der Waals surface area contributed by atoms with Gasteiger partial charge in [0.05, 0.1) is 0 Å². The number of nitrogens with zero attached hydrogens (tertiary/aromatic N) is 1. The van der Waals surface area contributed by atoms with Gasteiger partial charge in [-0.25, -0.2) is 0 Å². The third-order valence-electron chi connectivity index (χ3n) is 3.51. The van der Waals surface area contributed by atoms with Crippen molar-refractivity contribution in [3.8, 4) is 0 Å². The van der Waals surface area contributed by atoms with Gasteiger partial charge in [-0.05, 0) is 48.1 Å². The summed E-state index contributed by atoms with van der Waals surface area (Å²) >= 11 is 0. The molecule has 0 aliphatic heterocycles. The number of aromatic nitrogens is 1. The van der Waals surface area contributed by atoms with Gasteiger partial charge in [0.1, 0.15) is 0 Å². The van der Waals surface area contributed by atoms with Gasteiger partial charge in [0, 0.05) is 24.4 Å². The zero-order valence-electron chi connectivity index (χ0n) is 10.2. The van der Waals surface area contributed by atoms with Crippen molar-refractivity contribution in [2.75, 3.05) is 0 Å². The average Bonchev–Trinajstić information content (AvgIpc) is 2.87. The number of carbonyl (C=O) groups excluding carboxylic acids is 1. The van der Waals surface area contributed by atoms with Gasteiger partial charge in [-0.1, -0.05) is 18.2 Å². The number of fused-ring (bicyclic) bond motifs is 1. The Kier molecular flexibility index (Phi) is 2.93. The number of aryl methyl sites for hydroxylation is 2. The minimum atomic E-state index is 0.178. The van der Waals surface area contributed by atoms with Crippen molar-refractivity contribution in [1.29, 1.82) is 0 Å². The lowest BCUT2D eigenvalue weighted by Crippen LogP contribution is -2.04. The Morgan fingerprint density at radius 2 is 2.06 bits per heavy atom. The molecule has 90 valence electrons. The van der Waals surface area contributed by atoms with Gasteiger partial charge in [-0.3, -0.25) is 9.78 Å². The number of benzene rings is 1. The van der Waals surface area contributed by atoms with Gasteiger partial charge in [0.25, 0.3) is 0 Å². The zero-order chi connectivity index (χ0) is 12.4. The predicted molar refractivity (Wildman–Crippen MR) is 70.7 cm³/mol. The Balaban J connectivity index is 1.81. The van der Waals surface area contributed by atoms with Gasteiger partial charge < -0.3 is 0 Å². The first-order valence-corrected chi connectivity index (χ1v) is 6.37. The summed E-state index contributed by atoms with van der Waals surface area (Å²) in [5, 5.41) is 0. The van der Waals surface area contributed by atoms with Gasteiger partial charge in [-0.15, -0.1) is 0 Å². The smallest absolute Gasteiger partial charge is 0.167 e. The first-order chi connectivity index (χ1) is 8.83. The molecule has 0 fully saturated rings. The lowest BCUT2D eigenvalue weighted by molar-refractivity contribution is 0.0993. The maximum Gasteiger partial charge on any atom is 0.167 e. The summed E-state index contributed by atoms with van der Waals surface area (Å²) < 4.78 is 0. The quantitative estimate of drug-likeness (QED) is 0.768. The lowest BCUT2D eigenvalue weighted by Gasteiger charge is -2.04. The number of ketones is 1. The highest BCUT2D eigenvalue weighted by Gasteiger charge is 2.14. The van der Waals surface area contributed by atoms with Crippen LogP contribution in [0.25, 0.3) is 0 Å². The third kappa shape index (κ3) is 2.19. The zero-order valence-corrected chi connectivity index (χ0v) is 10.2. The molecule has 0 saturated carbocycles. The minimum absolute atomic E-state index is 0.178. The fourth-order valence-corrected chi connectivity index (χ4v) is 2.54. The molecule has 2 aromatic rings. The van der Waals surface area contributed by atoms with Crippen LogP contribution in [0.4, 0.5) is 0 Å². The van der Waals surface area contributed by atoms with Gasteiger partial charge >= 0.3 is 0 Å². The van der Waals surface area contributed by atoms with E-state index in [1.165, 1.54) is 17.5 Å². The first kappa shape index (κ1) is 11.1. The minimum Gasteiger partial charge on any atom is -0.294 e. The average molecular weight is 237 g/mol. The molecule has 1 aromatic heterocycles. The van der Waals surface area contributed by atoms with Crippen LogP contribution in [0.3, 0.4) is 0 Å². The summed E-state index contributed by atoms with van der Waals surface area (Å²) in [7, 11) is 0. The van der Waals surface area contributed by atoms with E-state index in [4.69, 9.17) is 0 Å². The standard InChI is InChI=1S/C16H15NO/c18-16(9-12-3-2-8-17-11-12)15-7-6-13-4-1-5-14(13)10-15/h2-3,6-8,10-11H,1,4-5,9H2. The van der Waals surface area contributed by atoms with E-state index in [-0.39, 0.29) is 5.78 Å². The summed E-state index contributed by atoms with van der Waals surface area (Å²) in [5.41, 5.74) is 4.57. The lowest BCUT2D eigenvalue weighted by atomic mass is 10.00. The summed E-state index contributed by atoms with van der Waals surface area (Å²) in [4.78, 5) is 16.2. The number of carbonyl (C=O) groups is 1. The summed E-state index contributed by atoms with van der Waals surface area (Å²) in [5.74, 6) is 0.178. The summed E-state index contributed by atoms with van der Waals surface area (Å²) in [6.07, 6.45) is 7.41. The molecule has 0 bridgehead atoms. The maximum absolute atomic E-state index is 12.2. The monoisotopic (exact) mass is 237 g/mol. The van der Waals surface area contributed by atoms with E-state index < -0.39 is 0 Å². The molecule has 0 N–H and O–H groups in total. The predicted octanol–water partition coefficient (Wildman–Crippen LogP) is 3.00. The Hall–Kier alpha value is -1.96. The van der Waals surface area contributed by atoms with Crippen molar-refractivity contribution in [2.45, 2.75) is 25.7 Å². The van der Waals surface area contributed by atoms with E-state index in [1.807, 2.05) is 18.2 Å². The van der Waals surface area contributed by atoms with Crippen molar-refractivity contribution >= 4 is 5.78 Å². The van der Waals surface area contributed by atoms with Crippen molar-refractivity contribution in [3.05, 3.63) is 65.0 Å². The van der Waals surface area contributed by atoms with E-state index in [0.717, 1.165) is 24.0 Å². The molecule has 0 amide bonds. The molecule has 1 heterocycles. The largest absolute Gasteiger partial charge is 0.294 e. The van der Waals surface area contributed by atoms with E-state index in [1.54, 1.807) is 12.4 Å². The fourth-order valence-electron chi connectivity index (χ4n) is 2.54. The highest BCUT2D eigenvalue weighted by molar-refractivity contribution is 5.97. The maximum atomic E-state index is 12.2. The highest BCUT2D eigenvalue weighted by atomic mass is 16.1. The molecule has 0 spiro atoms. The summed E-state index contributed by atoms with van der Waals surface area (Å²) in [6, 6.07) is 9.95. The highest BCUT2D eigenvalue weighted by Crippen LogP contribution is 2.23. The van der Waals surface area contributed by atoms with E-state index in [2.05, 4.69) is 17.1 Å². The Morgan fingerprint density at radius 3 is 2.89 bits per heavy atom. The molecule has 2 nitrogen and oxygen atoms in total. The molecular formula is C16H15NO. The SMILES string of the molecule is O=C(Cc1cccnc1)c1ccc2c(c1)CCC2. The van der Waals surface area contributed by atoms with Gasteiger partial charge in [-0.2, -0.15) is 0 Å². The topological polar surface area (TPSA) is 30.0 Å². The van der Waals surface area contributed by atoms with Crippen LogP contribution < -0.4 is 0 Å². The molecule has 0 atom stereocenters. The molecule has 0 radical (unpaired) electrons. The van der Waals surface area contributed by atoms with E-state index in [0.29, 0.717) is 6.42 Å². The van der Waals surface area contributed by atoms with Crippen LogP contribution in [0.1, 0.15) is 33.5 Å². The molecule has 2 heteroatoms. The van der Waals surface area contributed by atoms with Crippen LogP contribution in [-0.2, 0) is 19.3 Å². The molecule has 1 aliphatic carbocycles. The number of pyridine rings is 1. The molecule has 1 aromatic carbocycles. The van der Waals surface area contributed by atoms with E-state index >= 15 is 0 Å². The number of Topliss-reactive ketones (excluding diaryl/α,β-unsaturated/α-hetero) is 1.